The quantitative estimate of drug-likeness (QED) is 0.593. The van der Waals surface area contributed by atoms with E-state index in [1.165, 1.54) is 19.2 Å². The van der Waals surface area contributed by atoms with Crippen molar-refractivity contribution in [3.8, 4) is 11.5 Å². The highest BCUT2D eigenvalue weighted by molar-refractivity contribution is 6.30. The molecule has 0 aliphatic heterocycles. The van der Waals surface area contributed by atoms with Gasteiger partial charge in [-0.05, 0) is 48.4 Å². The van der Waals surface area contributed by atoms with Crippen LogP contribution >= 0.6 is 11.6 Å². The SMILES string of the molecule is COc1ccc(CCNC(=O)CCC(=O)c2ccc(Cl)cc2)cc1OC(F)F. The van der Waals surface area contributed by atoms with Crippen molar-refractivity contribution >= 4 is 23.3 Å². The molecule has 5 nitrogen and oxygen atoms in total. The minimum absolute atomic E-state index is 0.0593. The zero-order chi connectivity index (χ0) is 20.5. The molecule has 150 valence electrons. The van der Waals surface area contributed by atoms with Gasteiger partial charge in [-0.1, -0.05) is 17.7 Å². The smallest absolute Gasteiger partial charge is 0.387 e. The van der Waals surface area contributed by atoms with Gasteiger partial charge < -0.3 is 14.8 Å². The molecule has 28 heavy (non-hydrogen) atoms. The molecule has 1 amide bonds. The highest BCUT2D eigenvalue weighted by atomic mass is 35.5. The number of halogens is 3. The lowest BCUT2D eigenvalue weighted by Crippen LogP contribution is -2.26. The molecule has 1 N–H and O–H groups in total. The van der Waals surface area contributed by atoms with Crippen molar-refractivity contribution in [1.82, 2.24) is 5.32 Å². The summed E-state index contributed by atoms with van der Waals surface area (Å²) in [5, 5.41) is 3.24. The highest BCUT2D eigenvalue weighted by Gasteiger charge is 2.12. The van der Waals surface area contributed by atoms with Crippen LogP contribution in [0, 0.1) is 0 Å². The Balaban J connectivity index is 1.78. The van der Waals surface area contributed by atoms with Crippen molar-refractivity contribution < 1.29 is 27.8 Å². The fraction of sp³-hybridized carbons (Fsp3) is 0.300. The molecule has 2 aromatic carbocycles. The van der Waals surface area contributed by atoms with Crippen LogP contribution in [0.4, 0.5) is 8.78 Å². The summed E-state index contributed by atoms with van der Waals surface area (Å²) >= 11 is 5.78. The van der Waals surface area contributed by atoms with Gasteiger partial charge >= 0.3 is 6.61 Å². The second-order valence-electron chi connectivity index (χ2n) is 5.89. The number of Topliss-reactive ketones (excluding diaryl/α,β-unsaturated/α-hetero) is 1. The summed E-state index contributed by atoms with van der Waals surface area (Å²) in [6.07, 6.45) is 0.562. The van der Waals surface area contributed by atoms with Crippen molar-refractivity contribution in [3.05, 3.63) is 58.6 Å². The van der Waals surface area contributed by atoms with Gasteiger partial charge in [0, 0.05) is 30.0 Å². The normalized spacial score (nSPS) is 10.6. The van der Waals surface area contributed by atoms with Gasteiger partial charge in [0.2, 0.25) is 5.91 Å². The lowest BCUT2D eigenvalue weighted by Gasteiger charge is -2.12. The van der Waals surface area contributed by atoms with Crippen LogP contribution in [0.15, 0.2) is 42.5 Å². The molecule has 0 radical (unpaired) electrons. The summed E-state index contributed by atoms with van der Waals surface area (Å²) in [7, 11) is 1.36. The van der Waals surface area contributed by atoms with Crippen molar-refractivity contribution in [2.75, 3.05) is 13.7 Å². The molecule has 8 heteroatoms. The molecule has 0 heterocycles. The van der Waals surface area contributed by atoms with Crippen LogP contribution in [-0.2, 0) is 11.2 Å². The lowest BCUT2D eigenvalue weighted by molar-refractivity contribution is -0.121. The molecule has 0 aliphatic rings. The number of nitrogens with one attached hydrogen (secondary N) is 1. The molecule has 0 fully saturated rings. The van der Waals surface area contributed by atoms with Crippen LogP contribution in [0.3, 0.4) is 0 Å². The fourth-order valence-electron chi connectivity index (χ4n) is 2.51. The van der Waals surface area contributed by atoms with E-state index < -0.39 is 6.61 Å². The van der Waals surface area contributed by atoms with E-state index in [9.17, 15) is 18.4 Å². The number of ether oxygens (including phenoxy) is 2. The average Bonchev–Trinajstić information content (AvgIpc) is 2.66. The van der Waals surface area contributed by atoms with E-state index in [-0.39, 0.29) is 36.0 Å². The van der Waals surface area contributed by atoms with E-state index in [1.807, 2.05) is 0 Å². The maximum Gasteiger partial charge on any atom is 0.387 e. The first-order valence-corrected chi connectivity index (χ1v) is 8.94. The number of alkyl halides is 2. The third-order valence-corrected chi connectivity index (χ3v) is 4.18. The topological polar surface area (TPSA) is 64.6 Å². The number of rotatable bonds is 10. The van der Waals surface area contributed by atoms with E-state index in [0.717, 1.165) is 0 Å². The first kappa shape index (κ1) is 21.6. The Labute approximate surface area is 166 Å². The van der Waals surface area contributed by atoms with Crippen LogP contribution in [0.1, 0.15) is 28.8 Å². The lowest BCUT2D eigenvalue weighted by atomic mass is 10.1. The summed E-state index contributed by atoms with van der Waals surface area (Å²) < 4.78 is 34.3. The number of carbonyl (C=O) groups excluding carboxylic acids is 2. The Morgan fingerprint density at radius 1 is 1.07 bits per heavy atom. The van der Waals surface area contributed by atoms with Gasteiger partial charge in [0.25, 0.3) is 0 Å². The number of hydrogen-bond acceptors (Lipinski definition) is 4. The maximum atomic E-state index is 12.4. The largest absolute Gasteiger partial charge is 0.493 e. The van der Waals surface area contributed by atoms with Crippen LogP contribution in [0.2, 0.25) is 5.02 Å². The number of benzene rings is 2. The van der Waals surface area contributed by atoms with Gasteiger partial charge in [0.05, 0.1) is 7.11 Å². The molecule has 2 rings (SSSR count). The Morgan fingerprint density at radius 2 is 1.79 bits per heavy atom. The molecular formula is C20H20ClF2NO4. The molecule has 2 aromatic rings. The zero-order valence-corrected chi connectivity index (χ0v) is 16.0. The van der Waals surface area contributed by atoms with E-state index in [0.29, 0.717) is 29.1 Å². The predicted molar refractivity (Wildman–Crippen MR) is 101 cm³/mol. The molecule has 0 unspecified atom stereocenters. The zero-order valence-electron chi connectivity index (χ0n) is 15.2. The Morgan fingerprint density at radius 3 is 2.43 bits per heavy atom. The van der Waals surface area contributed by atoms with Crippen molar-refractivity contribution in [1.29, 1.82) is 0 Å². The standard InChI is InChI=1S/C20H20ClF2NO4/c1-27-17-8-2-13(12-18(17)28-20(22)23)10-11-24-19(26)9-7-16(25)14-3-5-15(21)6-4-14/h2-6,8,12,20H,7,9-11H2,1H3,(H,24,26). The monoisotopic (exact) mass is 411 g/mol. The Bertz CT molecular complexity index is 812. The number of hydrogen-bond donors (Lipinski definition) is 1. The van der Waals surface area contributed by atoms with Crippen LogP contribution in [0.25, 0.3) is 0 Å². The summed E-state index contributed by atoms with van der Waals surface area (Å²) in [6, 6.07) is 11.1. The van der Waals surface area contributed by atoms with Crippen LogP contribution < -0.4 is 14.8 Å². The Hall–Kier alpha value is -2.67. The highest BCUT2D eigenvalue weighted by Crippen LogP contribution is 2.29. The van der Waals surface area contributed by atoms with Crippen molar-refractivity contribution in [2.24, 2.45) is 0 Å². The van der Waals surface area contributed by atoms with Gasteiger partial charge in [-0.25, -0.2) is 0 Å². The summed E-state index contributed by atoms with van der Waals surface area (Å²) in [5.41, 5.74) is 1.20. The van der Waals surface area contributed by atoms with Gasteiger partial charge in [-0.2, -0.15) is 8.78 Å². The van der Waals surface area contributed by atoms with Crippen molar-refractivity contribution in [2.45, 2.75) is 25.9 Å². The summed E-state index contributed by atoms with van der Waals surface area (Å²) in [4.78, 5) is 23.9. The Kier molecular flexibility index (Phi) is 8.19. The second-order valence-corrected chi connectivity index (χ2v) is 6.33. The van der Waals surface area contributed by atoms with Crippen LogP contribution in [-0.4, -0.2) is 32.0 Å². The third-order valence-electron chi connectivity index (χ3n) is 3.93. The minimum Gasteiger partial charge on any atom is -0.493 e. The van der Waals surface area contributed by atoms with E-state index in [1.54, 1.807) is 30.3 Å². The summed E-state index contributed by atoms with van der Waals surface area (Å²) in [6.45, 7) is -2.66. The van der Waals surface area contributed by atoms with E-state index >= 15 is 0 Å². The molecule has 0 saturated heterocycles. The van der Waals surface area contributed by atoms with Gasteiger partial charge in [0.15, 0.2) is 17.3 Å². The van der Waals surface area contributed by atoms with Gasteiger partial charge in [0.1, 0.15) is 0 Å². The second kappa shape index (κ2) is 10.6. The molecular weight excluding hydrogens is 392 g/mol. The summed E-state index contributed by atoms with van der Waals surface area (Å²) in [5.74, 6) is -0.265. The number of amides is 1. The molecule has 0 aromatic heterocycles. The minimum atomic E-state index is -2.96. The number of carbonyl (C=O) groups is 2. The maximum absolute atomic E-state index is 12.4. The first-order chi connectivity index (χ1) is 13.4. The first-order valence-electron chi connectivity index (χ1n) is 8.56. The van der Waals surface area contributed by atoms with Gasteiger partial charge in [-0.3, -0.25) is 9.59 Å². The number of methoxy groups -OCH3 is 1. The van der Waals surface area contributed by atoms with Gasteiger partial charge in [-0.15, -0.1) is 0 Å². The fourth-order valence-corrected chi connectivity index (χ4v) is 2.63. The van der Waals surface area contributed by atoms with E-state index in [4.69, 9.17) is 16.3 Å². The molecule has 0 atom stereocenters. The third kappa shape index (κ3) is 6.81. The molecule has 0 spiro atoms. The van der Waals surface area contributed by atoms with Crippen molar-refractivity contribution in [3.63, 3.8) is 0 Å². The molecule has 0 aliphatic carbocycles. The number of ketones is 1. The van der Waals surface area contributed by atoms with E-state index in [2.05, 4.69) is 10.1 Å². The molecule has 0 saturated carbocycles. The molecule has 0 bridgehead atoms. The van der Waals surface area contributed by atoms with Crippen LogP contribution in [0.5, 0.6) is 11.5 Å². The average molecular weight is 412 g/mol. The predicted octanol–water partition coefficient (Wildman–Crippen LogP) is 4.27.